The second-order valence-corrected chi connectivity index (χ2v) is 3.49. The lowest BCUT2D eigenvalue weighted by molar-refractivity contribution is 0.737. The summed E-state index contributed by atoms with van der Waals surface area (Å²) in [5.74, 6) is 1.58. The molecular formula is C12H21N3. The van der Waals surface area contributed by atoms with Crippen LogP contribution in [0.2, 0.25) is 0 Å². The van der Waals surface area contributed by atoms with Gasteiger partial charge >= 0.3 is 0 Å². The Hall–Kier alpha value is -1.38. The van der Waals surface area contributed by atoms with Crippen molar-refractivity contribution in [3.05, 3.63) is 30.9 Å². The van der Waals surface area contributed by atoms with E-state index in [1.807, 2.05) is 36.7 Å². The standard InChI is InChI=1S/C6H5N3.C4H10.C2H6/c1-2-7-6-8-3-5-9(6)4-1;1-4(2)3;1-2/h1-5H;4H,1-3H3;1-2H3. The molecule has 0 radical (unpaired) electrons. The SMILES string of the molecule is CC.CC(C)C.c1cnc2nccn2c1. The smallest absolute Gasteiger partial charge is 0.233 e. The monoisotopic (exact) mass is 207 g/mol. The molecule has 0 spiro atoms. The van der Waals surface area contributed by atoms with Crippen LogP contribution in [0.25, 0.3) is 5.78 Å². The highest BCUT2D eigenvalue weighted by Crippen LogP contribution is 1.91. The fourth-order valence-corrected chi connectivity index (χ4v) is 0.762. The summed E-state index contributed by atoms with van der Waals surface area (Å²) in [5.41, 5.74) is 0. The average molecular weight is 207 g/mol. The number of aromatic nitrogens is 3. The molecular weight excluding hydrogens is 186 g/mol. The second kappa shape index (κ2) is 7.97. The summed E-state index contributed by atoms with van der Waals surface area (Å²) >= 11 is 0. The topological polar surface area (TPSA) is 30.2 Å². The molecule has 2 aromatic heterocycles. The van der Waals surface area contributed by atoms with Gasteiger partial charge in [-0.25, -0.2) is 9.97 Å². The molecule has 0 aliphatic rings. The number of fused-ring (bicyclic) bond motifs is 1. The lowest BCUT2D eigenvalue weighted by atomic mass is 10.3. The van der Waals surface area contributed by atoms with Crippen LogP contribution in [0.3, 0.4) is 0 Å². The molecule has 0 atom stereocenters. The zero-order chi connectivity index (χ0) is 11.7. The normalized spacial score (nSPS) is 8.93. The van der Waals surface area contributed by atoms with E-state index in [2.05, 4.69) is 30.7 Å². The molecule has 0 saturated carbocycles. The van der Waals surface area contributed by atoms with Crippen molar-refractivity contribution in [2.24, 2.45) is 5.92 Å². The summed E-state index contributed by atoms with van der Waals surface area (Å²) < 4.78 is 1.86. The Kier molecular flexibility index (Phi) is 7.24. The molecule has 3 nitrogen and oxygen atoms in total. The van der Waals surface area contributed by atoms with Crippen LogP contribution >= 0.6 is 0 Å². The predicted molar refractivity (Wildman–Crippen MR) is 64.8 cm³/mol. The highest BCUT2D eigenvalue weighted by Gasteiger charge is 1.87. The zero-order valence-corrected chi connectivity index (χ0v) is 10.3. The number of imidazole rings is 1. The van der Waals surface area contributed by atoms with Gasteiger partial charge in [-0.3, -0.25) is 4.40 Å². The molecule has 2 aromatic rings. The molecule has 0 aromatic carbocycles. The molecule has 0 N–H and O–H groups in total. The van der Waals surface area contributed by atoms with Crippen molar-refractivity contribution in [1.29, 1.82) is 0 Å². The first-order chi connectivity index (χ1) is 7.20. The molecule has 0 fully saturated rings. The van der Waals surface area contributed by atoms with Crippen LogP contribution in [0.1, 0.15) is 34.6 Å². The van der Waals surface area contributed by atoms with E-state index in [0.29, 0.717) is 0 Å². The van der Waals surface area contributed by atoms with E-state index in [1.165, 1.54) is 0 Å². The summed E-state index contributed by atoms with van der Waals surface area (Å²) in [6, 6.07) is 1.87. The van der Waals surface area contributed by atoms with E-state index in [0.717, 1.165) is 11.7 Å². The van der Waals surface area contributed by atoms with Gasteiger partial charge in [-0.2, -0.15) is 0 Å². The molecule has 0 amide bonds. The van der Waals surface area contributed by atoms with Gasteiger partial charge in [-0.05, 0) is 12.0 Å². The average Bonchev–Trinajstić information content (AvgIpc) is 2.67. The first-order valence-electron chi connectivity index (χ1n) is 5.44. The van der Waals surface area contributed by atoms with Gasteiger partial charge in [-0.15, -0.1) is 0 Å². The van der Waals surface area contributed by atoms with Crippen molar-refractivity contribution in [1.82, 2.24) is 14.4 Å². The number of rotatable bonds is 0. The Labute approximate surface area is 92.2 Å². The molecule has 0 bridgehead atoms. The van der Waals surface area contributed by atoms with Gasteiger partial charge in [0.2, 0.25) is 5.78 Å². The lowest BCUT2D eigenvalue weighted by Crippen LogP contribution is -1.82. The van der Waals surface area contributed by atoms with Crippen molar-refractivity contribution in [2.45, 2.75) is 34.6 Å². The molecule has 0 unspecified atom stereocenters. The molecule has 0 aliphatic heterocycles. The molecule has 84 valence electrons. The van der Waals surface area contributed by atoms with Crippen LogP contribution in [-0.2, 0) is 0 Å². The minimum Gasteiger partial charge on any atom is -0.291 e. The van der Waals surface area contributed by atoms with Crippen LogP contribution < -0.4 is 0 Å². The third kappa shape index (κ3) is 5.83. The van der Waals surface area contributed by atoms with Crippen LogP contribution in [-0.4, -0.2) is 14.4 Å². The van der Waals surface area contributed by atoms with Crippen LogP contribution in [0.15, 0.2) is 30.9 Å². The highest BCUT2D eigenvalue weighted by molar-refractivity contribution is 5.25. The van der Waals surface area contributed by atoms with Crippen molar-refractivity contribution < 1.29 is 0 Å². The van der Waals surface area contributed by atoms with E-state index >= 15 is 0 Å². The fourth-order valence-electron chi connectivity index (χ4n) is 0.762. The number of nitrogens with zero attached hydrogens (tertiary/aromatic N) is 3. The maximum Gasteiger partial charge on any atom is 0.233 e. The molecule has 15 heavy (non-hydrogen) atoms. The third-order valence-corrected chi connectivity index (χ3v) is 1.17. The summed E-state index contributed by atoms with van der Waals surface area (Å²) in [6.07, 6.45) is 7.22. The Morgan fingerprint density at radius 1 is 1.00 bits per heavy atom. The van der Waals surface area contributed by atoms with E-state index in [-0.39, 0.29) is 0 Å². The van der Waals surface area contributed by atoms with E-state index in [1.54, 1.807) is 12.4 Å². The summed E-state index contributed by atoms with van der Waals surface area (Å²) in [4.78, 5) is 7.96. The molecule has 3 heteroatoms. The van der Waals surface area contributed by atoms with E-state index in [4.69, 9.17) is 0 Å². The maximum atomic E-state index is 3.99. The van der Waals surface area contributed by atoms with E-state index in [9.17, 15) is 0 Å². The van der Waals surface area contributed by atoms with Crippen LogP contribution in [0.5, 0.6) is 0 Å². The van der Waals surface area contributed by atoms with Gasteiger partial charge < -0.3 is 0 Å². The summed E-state index contributed by atoms with van der Waals surface area (Å²) in [6.45, 7) is 10.5. The second-order valence-electron chi connectivity index (χ2n) is 3.49. The fraction of sp³-hybridized carbons (Fsp3) is 0.500. The molecule has 0 saturated heterocycles. The van der Waals surface area contributed by atoms with Gasteiger partial charge in [0.25, 0.3) is 0 Å². The van der Waals surface area contributed by atoms with Crippen LogP contribution in [0, 0.1) is 5.92 Å². The Morgan fingerprint density at radius 3 is 2.07 bits per heavy atom. The Morgan fingerprint density at radius 2 is 1.53 bits per heavy atom. The Balaban J connectivity index is 0.000000282. The van der Waals surface area contributed by atoms with Gasteiger partial charge in [0.15, 0.2) is 0 Å². The maximum absolute atomic E-state index is 3.99. The number of hydrogen-bond donors (Lipinski definition) is 0. The van der Waals surface area contributed by atoms with Crippen molar-refractivity contribution in [3.63, 3.8) is 0 Å². The van der Waals surface area contributed by atoms with Crippen LogP contribution in [0.4, 0.5) is 0 Å². The minimum atomic E-state index is 0.748. The third-order valence-electron chi connectivity index (χ3n) is 1.17. The minimum absolute atomic E-state index is 0.748. The lowest BCUT2D eigenvalue weighted by Gasteiger charge is -1.85. The predicted octanol–water partition coefficient (Wildman–Crippen LogP) is 3.42. The molecule has 2 heterocycles. The zero-order valence-electron chi connectivity index (χ0n) is 10.3. The molecule has 0 aliphatic carbocycles. The van der Waals surface area contributed by atoms with Gasteiger partial charge in [-0.1, -0.05) is 34.6 Å². The summed E-state index contributed by atoms with van der Waals surface area (Å²) in [5, 5.41) is 0. The van der Waals surface area contributed by atoms with Crippen molar-refractivity contribution >= 4 is 5.78 Å². The van der Waals surface area contributed by atoms with Gasteiger partial charge in [0.05, 0.1) is 0 Å². The Bertz CT molecular complexity index is 319. The molecule has 2 rings (SSSR count). The van der Waals surface area contributed by atoms with Crippen molar-refractivity contribution in [2.75, 3.05) is 0 Å². The first kappa shape index (κ1) is 13.6. The number of hydrogen-bond acceptors (Lipinski definition) is 2. The highest BCUT2D eigenvalue weighted by atomic mass is 15.1. The first-order valence-corrected chi connectivity index (χ1v) is 5.44. The van der Waals surface area contributed by atoms with Gasteiger partial charge in [0.1, 0.15) is 0 Å². The largest absolute Gasteiger partial charge is 0.291 e. The quantitative estimate of drug-likeness (QED) is 0.662. The van der Waals surface area contributed by atoms with E-state index < -0.39 is 0 Å². The summed E-state index contributed by atoms with van der Waals surface area (Å²) in [7, 11) is 0. The van der Waals surface area contributed by atoms with Gasteiger partial charge in [0, 0.05) is 24.8 Å². The van der Waals surface area contributed by atoms with Crippen molar-refractivity contribution in [3.8, 4) is 0 Å².